The van der Waals surface area contributed by atoms with Gasteiger partial charge in [-0.3, -0.25) is 4.55 Å². The summed E-state index contributed by atoms with van der Waals surface area (Å²) in [5, 5.41) is 3.84. The van der Waals surface area contributed by atoms with Gasteiger partial charge in [0, 0.05) is 42.7 Å². The van der Waals surface area contributed by atoms with Crippen LogP contribution in [0.5, 0.6) is 11.5 Å². The second kappa shape index (κ2) is 9.50. The van der Waals surface area contributed by atoms with Crippen LogP contribution < -0.4 is 25.2 Å². The number of fused-ring (bicyclic) bond motifs is 2. The van der Waals surface area contributed by atoms with Gasteiger partial charge in [0.05, 0.1) is 0 Å². The van der Waals surface area contributed by atoms with E-state index in [4.69, 9.17) is 26.2 Å². The van der Waals surface area contributed by atoms with Crippen LogP contribution in [0.1, 0.15) is 5.56 Å². The van der Waals surface area contributed by atoms with Crippen LogP contribution in [0.25, 0.3) is 11.2 Å². The van der Waals surface area contributed by atoms with Crippen molar-refractivity contribution >= 4 is 40.0 Å². The van der Waals surface area contributed by atoms with E-state index in [2.05, 4.69) is 30.9 Å². The third kappa shape index (κ3) is 4.73. The average molecular weight is 462 g/mol. The van der Waals surface area contributed by atoms with Gasteiger partial charge in [0.15, 0.2) is 33.6 Å². The Hall–Kier alpha value is -2.89. The van der Waals surface area contributed by atoms with Gasteiger partial charge >= 0.3 is 0 Å². The zero-order chi connectivity index (χ0) is 21.8. The molecule has 0 saturated heterocycles. The fourth-order valence-electron chi connectivity index (χ4n) is 2.97. The molecule has 1 aromatic carbocycles. The lowest BCUT2D eigenvalue weighted by Crippen LogP contribution is -2.30. The molecule has 1 aliphatic heterocycles. The molecule has 0 fully saturated rings. The van der Waals surface area contributed by atoms with Gasteiger partial charge in [-0.15, -0.1) is 6.42 Å². The number of terminal acetylenes is 1. The molecule has 3 aromatic rings. The number of hydrogen-bond donors (Lipinski definition) is 4. The Morgan fingerprint density at radius 2 is 2.10 bits per heavy atom. The first-order valence-electron chi connectivity index (χ1n) is 9.16. The fraction of sp³-hybridized carbons (Fsp3) is 0.278. The largest absolute Gasteiger partial charge is 0.454 e. The normalized spacial score (nSPS) is 13.4. The summed E-state index contributed by atoms with van der Waals surface area (Å²) in [5.74, 6) is 4.20. The number of hydrogen-bond acceptors (Lipinski definition) is 9. The second-order valence-electron chi connectivity index (χ2n) is 6.32. The zero-order valence-electron chi connectivity index (χ0n) is 16.2. The predicted molar refractivity (Wildman–Crippen MR) is 116 cm³/mol. The van der Waals surface area contributed by atoms with E-state index in [0.29, 0.717) is 59.6 Å². The summed E-state index contributed by atoms with van der Waals surface area (Å²) in [4.78, 5) is 13.8. The minimum absolute atomic E-state index is 0.155. The number of nitrogens with one attached hydrogen (secondary N) is 2. The standard InChI is InChI=1S/C18H19N7O4S2/c1-2-11-7-12-13(29-10-28-12)8-14(11)30-18-24-15-16(19)21-9-22-17(15)25(18)6-5-20-3-4-23-31(26)27/h1,7-9,20,23H,3-6,10H2,(H,26,27)(H2,19,21,22). The van der Waals surface area contributed by atoms with Crippen LogP contribution >= 0.6 is 11.8 Å². The van der Waals surface area contributed by atoms with Crippen molar-refractivity contribution < 1.29 is 18.2 Å². The van der Waals surface area contributed by atoms with Crippen molar-refractivity contribution in [1.82, 2.24) is 29.6 Å². The lowest BCUT2D eigenvalue weighted by Gasteiger charge is -2.11. The van der Waals surface area contributed by atoms with Crippen molar-refractivity contribution in [3.63, 3.8) is 0 Å². The minimum Gasteiger partial charge on any atom is -0.454 e. The number of nitrogens with two attached hydrogens (primary N) is 1. The van der Waals surface area contributed by atoms with Gasteiger partial charge in [-0.2, -0.15) is 0 Å². The SMILES string of the molecule is C#Cc1cc2c(cc1Sc1nc3c(N)ncnc3n1CCNCCNS(=O)O)OCO2. The maximum atomic E-state index is 10.6. The lowest BCUT2D eigenvalue weighted by molar-refractivity contribution is 0.174. The molecule has 0 spiro atoms. The monoisotopic (exact) mass is 461 g/mol. The topological polar surface area (TPSA) is 149 Å². The van der Waals surface area contributed by atoms with Crippen LogP contribution in [0.4, 0.5) is 5.82 Å². The number of nitrogen functional groups attached to an aromatic ring is 1. The highest BCUT2D eigenvalue weighted by molar-refractivity contribution is 7.99. The maximum Gasteiger partial charge on any atom is 0.231 e. The van der Waals surface area contributed by atoms with Crippen LogP contribution in [0.2, 0.25) is 0 Å². The first kappa shape index (κ1) is 21.3. The molecule has 1 unspecified atom stereocenters. The van der Waals surface area contributed by atoms with E-state index in [1.807, 2.05) is 10.6 Å². The molecule has 162 valence electrons. The van der Waals surface area contributed by atoms with E-state index in [9.17, 15) is 4.21 Å². The van der Waals surface area contributed by atoms with Gasteiger partial charge < -0.3 is 25.1 Å². The number of rotatable bonds is 9. The lowest BCUT2D eigenvalue weighted by atomic mass is 10.2. The van der Waals surface area contributed by atoms with Crippen molar-refractivity contribution in [3.05, 3.63) is 24.0 Å². The molecule has 5 N–H and O–H groups in total. The van der Waals surface area contributed by atoms with Gasteiger partial charge in [0.2, 0.25) is 18.1 Å². The number of benzene rings is 1. The molecule has 0 amide bonds. The van der Waals surface area contributed by atoms with Gasteiger partial charge in [0.25, 0.3) is 0 Å². The quantitative estimate of drug-likeness (QED) is 0.202. The van der Waals surface area contributed by atoms with E-state index in [0.717, 1.165) is 4.90 Å². The van der Waals surface area contributed by atoms with Gasteiger partial charge in [-0.25, -0.2) is 23.9 Å². The molecule has 0 saturated carbocycles. The molecule has 13 heteroatoms. The highest BCUT2D eigenvalue weighted by Crippen LogP contribution is 2.40. The van der Waals surface area contributed by atoms with E-state index >= 15 is 0 Å². The second-order valence-corrected chi connectivity index (χ2v) is 8.11. The van der Waals surface area contributed by atoms with E-state index in [-0.39, 0.29) is 12.6 Å². The van der Waals surface area contributed by atoms with Crippen molar-refractivity contribution in [1.29, 1.82) is 0 Å². The van der Waals surface area contributed by atoms with Crippen molar-refractivity contribution in [2.75, 3.05) is 32.2 Å². The summed E-state index contributed by atoms with van der Waals surface area (Å²) < 4.78 is 34.6. The van der Waals surface area contributed by atoms with Gasteiger partial charge in [-0.05, 0) is 6.07 Å². The van der Waals surface area contributed by atoms with Crippen LogP contribution in [0.15, 0.2) is 28.5 Å². The first-order valence-corrected chi connectivity index (χ1v) is 11.1. The molecule has 31 heavy (non-hydrogen) atoms. The molecule has 1 atom stereocenters. The number of aromatic nitrogens is 4. The molecule has 11 nitrogen and oxygen atoms in total. The van der Waals surface area contributed by atoms with Crippen LogP contribution in [-0.4, -0.2) is 54.7 Å². The molecule has 0 aliphatic carbocycles. The highest BCUT2D eigenvalue weighted by Gasteiger charge is 2.21. The number of ether oxygens (including phenoxy) is 2. The Morgan fingerprint density at radius 1 is 1.29 bits per heavy atom. The predicted octanol–water partition coefficient (Wildman–Crippen LogP) is 0.586. The molecule has 0 bridgehead atoms. The van der Waals surface area contributed by atoms with Crippen molar-refractivity contribution in [3.8, 4) is 23.8 Å². The third-order valence-electron chi connectivity index (χ3n) is 4.40. The van der Waals surface area contributed by atoms with Crippen molar-refractivity contribution in [2.24, 2.45) is 0 Å². The summed E-state index contributed by atoms with van der Waals surface area (Å²) in [6.07, 6.45) is 7.09. The average Bonchev–Trinajstić information content (AvgIpc) is 3.34. The summed E-state index contributed by atoms with van der Waals surface area (Å²) in [6.45, 7) is 2.14. The molecule has 0 radical (unpaired) electrons. The fourth-order valence-corrected chi connectivity index (χ4v) is 4.27. The Morgan fingerprint density at radius 3 is 2.87 bits per heavy atom. The van der Waals surface area contributed by atoms with Gasteiger partial charge in [0.1, 0.15) is 6.33 Å². The maximum absolute atomic E-state index is 10.6. The van der Waals surface area contributed by atoms with E-state index in [1.54, 1.807) is 6.07 Å². The molecule has 1 aliphatic rings. The van der Waals surface area contributed by atoms with E-state index in [1.165, 1.54) is 18.1 Å². The number of anilines is 1. The highest BCUT2D eigenvalue weighted by atomic mass is 32.2. The first-order chi connectivity index (χ1) is 15.1. The number of imidazole rings is 1. The Kier molecular flexibility index (Phi) is 6.54. The Balaban J connectivity index is 1.59. The molecule has 2 aromatic heterocycles. The molecule has 3 heterocycles. The Labute approximate surface area is 184 Å². The molecule has 4 rings (SSSR count). The van der Waals surface area contributed by atoms with Crippen molar-refractivity contribution in [2.45, 2.75) is 16.6 Å². The summed E-state index contributed by atoms with van der Waals surface area (Å²) in [6, 6.07) is 3.60. The zero-order valence-corrected chi connectivity index (χ0v) is 17.8. The Bertz CT molecular complexity index is 1180. The van der Waals surface area contributed by atoms with Crippen LogP contribution in [0.3, 0.4) is 0 Å². The van der Waals surface area contributed by atoms with Crippen LogP contribution in [0, 0.1) is 12.3 Å². The third-order valence-corrected chi connectivity index (χ3v) is 5.90. The van der Waals surface area contributed by atoms with Gasteiger partial charge in [-0.1, -0.05) is 17.7 Å². The smallest absolute Gasteiger partial charge is 0.231 e. The molecular weight excluding hydrogens is 442 g/mol. The summed E-state index contributed by atoms with van der Waals surface area (Å²) in [5.41, 5.74) is 7.77. The summed E-state index contributed by atoms with van der Waals surface area (Å²) in [7, 11) is 0. The number of nitrogens with zero attached hydrogens (tertiary/aromatic N) is 4. The van der Waals surface area contributed by atoms with Crippen LogP contribution in [-0.2, 0) is 17.8 Å². The molecular formula is C18H19N7O4S2. The summed E-state index contributed by atoms with van der Waals surface area (Å²) >= 11 is -0.651. The van der Waals surface area contributed by atoms with E-state index < -0.39 is 11.3 Å². The minimum atomic E-state index is -2.03.